The van der Waals surface area contributed by atoms with Crippen LogP contribution in [-0.2, 0) is 6.18 Å². The Morgan fingerprint density at radius 2 is 0.709 bits per heavy atom. The molecule has 394 valence electrons. The summed E-state index contributed by atoms with van der Waals surface area (Å²) in [5.74, 6) is 0. The number of nitrogens with zero attached hydrogens (tertiary/aromatic N) is 12. The number of rotatable bonds is 7. The van der Waals surface area contributed by atoms with Crippen LogP contribution in [0.2, 0.25) is 0 Å². The molecule has 12 rings (SSSR count). The highest BCUT2D eigenvalue weighted by atomic mass is 19.4. The average molecular weight is 1110 g/mol. The molecule has 12 aromatic rings. The molecule has 0 saturated carbocycles. The van der Waals surface area contributed by atoms with E-state index < -0.39 is 11.7 Å². The average Bonchev–Trinajstić information content (AvgIpc) is 1.79. The van der Waals surface area contributed by atoms with Crippen molar-refractivity contribution in [2.45, 2.75) is 6.18 Å². The predicted octanol–water partition coefficient (Wildman–Crippen LogP) is 18.7. The van der Waals surface area contributed by atoms with E-state index in [1.165, 1.54) is 30.3 Å². The Hall–Kier alpha value is -13.5. The van der Waals surface area contributed by atoms with E-state index in [4.69, 9.17) is 26.3 Å². The largest absolute Gasteiger partial charge is 0.416 e. The molecule has 0 amide bonds. The zero-order chi connectivity index (χ0) is 60.1. The second kappa shape index (κ2) is 20.9. The Morgan fingerprint density at radius 3 is 1.08 bits per heavy atom. The van der Waals surface area contributed by atoms with Gasteiger partial charge in [-0.25, -0.2) is 19.4 Å². The number of hydrogen-bond donors (Lipinski definition) is 0. The molecule has 15 heteroatoms. The molecule has 0 bridgehead atoms. The van der Waals surface area contributed by atoms with Crippen LogP contribution in [0, 0.1) is 94.3 Å². The lowest BCUT2D eigenvalue weighted by Crippen LogP contribution is -2.07. The number of nitriles is 6. The summed E-state index contributed by atoms with van der Waals surface area (Å²) in [5, 5.41) is 64.9. The smallest absolute Gasteiger partial charge is 0.307 e. The summed E-state index contributed by atoms with van der Waals surface area (Å²) in [6.45, 7) is 31.7. The van der Waals surface area contributed by atoms with Gasteiger partial charge < -0.3 is 9.13 Å². The molecule has 0 radical (unpaired) electrons. The van der Waals surface area contributed by atoms with E-state index in [0.29, 0.717) is 88.1 Å². The van der Waals surface area contributed by atoms with Gasteiger partial charge in [0.1, 0.15) is 0 Å². The molecule has 0 aliphatic carbocycles. The first-order valence-corrected chi connectivity index (χ1v) is 25.8. The van der Waals surface area contributed by atoms with Crippen molar-refractivity contribution in [2.24, 2.45) is 0 Å². The summed E-state index contributed by atoms with van der Waals surface area (Å²) in [6, 6.07) is 60.1. The SMILES string of the molecule is [C-]#[N+]c1ccc(-c2ccc3c4ccc(-c5ccc(C#N)cc5[N+]#[C-])cc4n(-c4cc(C#N)c(-c5cc(C#N)cc(C(F)(F)F)c5)cc4-n4c5cc(-c6ccc([N+]#[C-])cc6C#N)ccc5c5ccc(-c6ccc(C#N)cc6[N+]#[C-])cc54)c3c2)c(C#N)c1. The number of aromatic nitrogens is 2. The first-order chi connectivity index (χ1) is 41.8. The van der Waals surface area contributed by atoms with Crippen LogP contribution in [0.3, 0.4) is 0 Å². The molecule has 0 spiro atoms. The van der Waals surface area contributed by atoms with Crippen molar-refractivity contribution in [1.29, 1.82) is 31.6 Å². The van der Waals surface area contributed by atoms with Crippen molar-refractivity contribution < 1.29 is 13.2 Å². The minimum absolute atomic E-state index is 0.0139. The van der Waals surface area contributed by atoms with Crippen molar-refractivity contribution in [3.63, 3.8) is 0 Å². The molecule has 86 heavy (non-hydrogen) atoms. The molecule has 0 saturated heterocycles. The van der Waals surface area contributed by atoms with E-state index >= 15 is 0 Å². The summed E-state index contributed by atoms with van der Waals surface area (Å²) < 4.78 is 48.5. The third-order valence-corrected chi connectivity index (χ3v) is 15.2. The minimum atomic E-state index is -4.91. The highest BCUT2D eigenvalue weighted by molar-refractivity contribution is 6.14. The molecule has 0 aliphatic rings. The lowest BCUT2D eigenvalue weighted by atomic mass is 9.94. The molecular weight excluding hydrogens is 1080 g/mol. The maximum Gasteiger partial charge on any atom is 0.416 e. The van der Waals surface area contributed by atoms with Crippen LogP contribution in [0.5, 0.6) is 0 Å². The summed E-state index contributed by atoms with van der Waals surface area (Å²) in [5.41, 5.74) is 6.93. The Morgan fingerprint density at radius 1 is 0.326 bits per heavy atom. The molecule has 0 fully saturated rings. The first-order valence-electron chi connectivity index (χ1n) is 25.8. The van der Waals surface area contributed by atoms with E-state index in [2.05, 4.69) is 49.7 Å². The molecule has 12 nitrogen and oxygen atoms in total. The molecule has 0 unspecified atom stereocenters. The summed E-state index contributed by atoms with van der Waals surface area (Å²) in [6.07, 6.45) is -4.91. The number of hydrogen-bond acceptors (Lipinski definition) is 6. The highest BCUT2D eigenvalue weighted by Gasteiger charge is 2.32. The Bertz CT molecular complexity index is 5230. The van der Waals surface area contributed by atoms with Crippen LogP contribution >= 0.6 is 0 Å². The molecule has 2 heterocycles. The fourth-order valence-electron chi connectivity index (χ4n) is 11.3. The topological polar surface area (TPSA) is 170 Å². The van der Waals surface area contributed by atoms with Gasteiger partial charge in [0.2, 0.25) is 0 Å². The Kier molecular flexibility index (Phi) is 12.9. The number of benzene rings is 10. The maximum absolute atomic E-state index is 14.9. The highest BCUT2D eigenvalue weighted by Crippen LogP contribution is 2.47. The van der Waals surface area contributed by atoms with Gasteiger partial charge in [-0.05, 0) is 141 Å². The van der Waals surface area contributed by atoms with Crippen molar-refractivity contribution in [1.82, 2.24) is 9.13 Å². The van der Waals surface area contributed by atoms with Crippen LogP contribution in [-0.4, -0.2) is 9.13 Å². The van der Waals surface area contributed by atoms with Gasteiger partial charge in [-0.2, -0.15) is 44.7 Å². The van der Waals surface area contributed by atoms with Crippen molar-refractivity contribution in [2.75, 3.05) is 0 Å². The van der Waals surface area contributed by atoms with Crippen LogP contribution in [0.15, 0.2) is 176 Å². The second-order valence-corrected chi connectivity index (χ2v) is 19.8. The van der Waals surface area contributed by atoms with Crippen molar-refractivity contribution in [3.05, 3.63) is 261 Å². The van der Waals surface area contributed by atoms with Gasteiger partial charge in [0.25, 0.3) is 0 Å². The number of alkyl halides is 3. The number of fused-ring (bicyclic) bond motifs is 6. The normalized spacial score (nSPS) is 10.8. The third-order valence-electron chi connectivity index (χ3n) is 15.2. The van der Waals surface area contributed by atoms with E-state index in [1.807, 2.05) is 88.0 Å². The van der Waals surface area contributed by atoms with Crippen molar-refractivity contribution >= 4 is 66.4 Å². The molecular formula is C71H29F3N12. The Balaban J connectivity index is 1.29. The van der Waals surface area contributed by atoms with Crippen LogP contribution in [0.4, 0.5) is 35.9 Å². The third kappa shape index (κ3) is 8.82. The monoisotopic (exact) mass is 1110 g/mol. The zero-order valence-corrected chi connectivity index (χ0v) is 44.2. The van der Waals surface area contributed by atoms with Crippen LogP contribution < -0.4 is 0 Å². The minimum Gasteiger partial charge on any atom is -0.307 e. The summed E-state index contributed by atoms with van der Waals surface area (Å²) in [7, 11) is 0. The summed E-state index contributed by atoms with van der Waals surface area (Å²) in [4.78, 5) is 14.6. The quantitative estimate of drug-likeness (QED) is 0.144. The van der Waals surface area contributed by atoms with Gasteiger partial charge in [0.15, 0.2) is 22.7 Å². The van der Waals surface area contributed by atoms with Gasteiger partial charge >= 0.3 is 6.18 Å². The maximum atomic E-state index is 14.9. The standard InChI is InChI=1S/C71H29F3N12/c1-81-52-11-19-54(48(26-52)37-78)43-7-15-58-60-17-9-45(56-13-5-40(34-75)23-63(56)83-3)30-67(60)85(65(58)28-43)69-32-50(39-80)62(47-21-42(36-77)22-51(25-47)71(72,73)74)33-70(69)86-66-29-44(55-20-12-53(82-2)27-49(55)38-79)8-16-59(66)61-18-10-46(31-68(61)86)57-14-6-41(35-76)24-64(57)84-4/h5-33H. The van der Waals surface area contributed by atoms with Gasteiger partial charge in [-0.3, -0.25) is 0 Å². The van der Waals surface area contributed by atoms with Gasteiger partial charge in [0.05, 0.1) is 113 Å². The van der Waals surface area contributed by atoms with Crippen LogP contribution in [0.25, 0.3) is 130 Å². The number of halogens is 3. The summed E-state index contributed by atoms with van der Waals surface area (Å²) >= 11 is 0. The van der Waals surface area contributed by atoms with Gasteiger partial charge in [0, 0.05) is 49.4 Å². The van der Waals surface area contributed by atoms with E-state index in [-0.39, 0.29) is 78.6 Å². The zero-order valence-electron chi connectivity index (χ0n) is 44.2. The fourth-order valence-corrected chi connectivity index (χ4v) is 11.3. The van der Waals surface area contributed by atoms with Gasteiger partial charge in [-0.1, -0.05) is 84.9 Å². The predicted molar refractivity (Wildman–Crippen MR) is 321 cm³/mol. The molecule has 0 N–H and O–H groups in total. The lowest BCUT2D eigenvalue weighted by molar-refractivity contribution is -0.137. The van der Waals surface area contributed by atoms with E-state index in [9.17, 15) is 44.7 Å². The lowest BCUT2D eigenvalue weighted by Gasteiger charge is -2.21. The van der Waals surface area contributed by atoms with Crippen molar-refractivity contribution in [3.8, 4) is 103 Å². The second-order valence-electron chi connectivity index (χ2n) is 19.8. The molecule has 10 aromatic carbocycles. The van der Waals surface area contributed by atoms with E-state index in [1.54, 1.807) is 60.7 Å². The van der Waals surface area contributed by atoms with Gasteiger partial charge in [-0.15, -0.1) is 0 Å². The fraction of sp³-hybridized carbons (Fsp3) is 0.0141. The van der Waals surface area contributed by atoms with E-state index in [0.717, 1.165) is 12.1 Å². The molecule has 0 aliphatic heterocycles. The molecule has 0 atom stereocenters. The first kappa shape index (κ1) is 53.1. The molecule has 2 aromatic heterocycles. The van der Waals surface area contributed by atoms with Crippen LogP contribution in [0.1, 0.15) is 38.9 Å². The Labute approximate surface area is 488 Å².